The lowest BCUT2D eigenvalue weighted by Crippen LogP contribution is -2.53. The summed E-state index contributed by atoms with van der Waals surface area (Å²) >= 11 is 0. The Hall–Kier alpha value is -2.89. The maximum absolute atomic E-state index is 13.0. The lowest BCUT2D eigenvalue weighted by Gasteiger charge is -2.31. The van der Waals surface area contributed by atoms with Crippen LogP contribution in [0.15, 0.2) is 54.6 Å². The van der Waals surface area contributed by atoms with E-state index < -0.39 is 11.6 Å². The van der Waals surface area contributed by atoms with Gasteiger partial charge in [-0.3, -0.25) is 9.59 Å². The van der Waals surface area contributed by atoms with Gasteiger partial charge in [-0.1, -0.05) is 30.3 Å². The lowest BCUT2D eigenvalue weighted by molar-refractivity contribution is -0.142. The quantitative estimate of drug-likeness (QED) is 0.737. The van der Waals surface area contributed by atoms with Crippen LogP contribution in [0.5, 0.6) is 5.75 Å². The number of hydrogen-bond acceptors (Lipinski definition) is 3. The summed E-state index contributed by atoms with van der Waals surface area (Å²) in [5.41, 5.74) is 0.678. The molecule has 0 spiro atoms. The van der Waals surface area contributed by atoms with Crippen molar-refractivity contribution < 1.29 is 18.7 Å². The van der Waals surface area contributed by atoms with Gasteiger partial charge in [0, 0.05) is 12.1 Å². The van der Waals surface area contributed by atoms with Crippen molar-refractivity contribution in [2.75, 3.05) is 13.2 Å². The number of ether oxygens (including phenoxy) is 1. The van der Waals surface area contributed by atoms with E-state index in [4.69, 9.17) is 4.74 Å². The summed E-state index contributed by atoms with van der Waals surface area (Å²) in [5.74, 6) is -0.502. The number of halogens is 1. The average Bonchev–Trinajstić information content (AvgIpc) is 2.67. The fourth-order valence-electron chi connectivity index (χ4n) is 2.80. The Labute approximate surface area is 171 Å². The summed E-state index contributed by atoms with van der Waals surface area (Å²) in [6.45, 7) is 7.55. The number of carbonyl (C=O) groups excluding carboxylic acids is 2. The van der Waals surface area contributed by atoms with E-state index in [9.17, 15) is 14.0 Å². The van der Waals surface area contributed by atoms with Crippen LogP contribution in [0.3, 0.4) is 0 Å². The summed E-state index contributed by atoms with van der Waals surface area (Å²) in [4.78, 5) is 27.0. The molecule has 1 atom stereocenters. The molecule has 2 aromatic carbocycles. The predicted molar refractivity (Wildman–Crippen MR) is 111 cm³/mol. The summed E-state index contributed by atoms with van der Waals surface area (Å²) in [6.07, 6.45) is 0.621. The fourth-order valence-corrected chi connectivity index (χ4v) is 2.80. The van der Waals surface area contributed by atoms with E-state index in [1.54, 1.807) is 6.92 Å². The number of nitrogens with one attached hydrogen (secondary N) is 1. The third-order valence-electron chi connectivity index (χ3n) is 4.33. The molecule has 0 unspecified atom stereocenters. The minimum atomic E-state index is -0.651. The lowest BCUT2D eigenvalue weighted by atomic mass is 10.1. The van der Waals surface area contributed by atoms with Crippen LogP contribution in [0.25, 0.3) is 0 Å². The minimum absolute atomic E-state index is 0.222. The maximum Gasteiger partial charge on any atom is 0.261 e. The van der Waals surface area contributed by atoms with Gasteiger partial charge in [-0.15, -0.1) is 0 Å². The Kier molecular flexibility index (Phi) is 7.76. The van der Waals surface area contributed by atoms with E-state index in [2.05, 4.69) is 5.32 Å². The molecule has 0 aliphatic rings. The molecule has 6 heteroatoms. The number of amides is 2. The van der Waals surface area contributed by atoms with Crippen LogP contribution in [0.4, 0.5) is 4.39 Å². The normalized spacial score (nSPS) is 12.2. The Morgan fingerprint density at radius 3 is 2.28 bits per heavy atom. The first-order chi connectivity index (χ1) is 13.7. The molecule has 1 N–H and O–H groups in total. The maximum atomic E-state index is 13.0. The molecule has 2 amide bonds. The second-order valence-electron chi connectivity index (χ2n) is 7.98. The third-order valence-corrected chi connectivity index (χ3v) is 4.33. The van der Waals surface area contributed by atoms with Crippen LogP contribution in [-0.4, -0.2) is 41.4 Å². The Balaban J connectivity index is 2.07. The SMILES string of the molecule is C[C@H](C(=O)NC(C)(C)C)N(CCc1ccccc1)C(=O)COc1ccc(F)cc1. The van der Waals surface area contributed by atoms with Gasteiger partial charge in [0.2, 0.25) is 5.91 Å². The standard InChI is InChI=1S/C23H29FN2O3/c1-17(22(28)25-23(2,3)4)26(15-14-18-8-6-5-7-9-18)21(27)16-29-20-12-10-19(24)11-13-20/h5-13,17H,14-16H2,1-4H3,(H,25,28)/t17-/m1/s1. The van der Waals surface area contributed by atoms with Gasteiger partial charge < -0.3 is 15.0 Å². The van der Waals surface area contributed by atoms with Crippen LogP contribution in [-0.2, 0) is 16.0 Å². The number of hydrogen-bond donors (Lipinski definition) is 1. The highest BCUT2D eigenvalue weighted by molar-refractivity contribution is 5.88. The van der Waals surface area contributed by atoms with E-state index >= 15 is 0 Å². The number of nitrogens with zero attached hydrogens (tertiary/aromatic N) is 1. The zero-order valence-electron chi connectivity index (χ0n) is 17.4. The number of rotatable bonds is 8. The molecule has 0 aromatic heterocycles. The second-order valence-corrected chi connectivity index (χ2v) is 7.98. The van der Waals surface area contributed by atoms with Crippen LogP contribution < -0.4 is 10.1 Å². The second kappa shape index (κ2) is 10.0. The van der Waals surface area contributed by atoms with E-state index in [-0.39, 0.29) is 24.2 Å². The van der Waals surface area contributed by atoms with Gasteiger partial charge in [-0.2, -0.15) is 0 Å². The van der Waals surface area contributed by atoms with Gasteiger partial charge >= 0.3 is 0 Å². The van der Waals surface area contributed by atoms with Crippen molar-refractivity contribution in [2.45, 2.75) is 45.7 Å². The summed E-state index contributed by atoms with van der Waals surface area (Å²) in [6, 6.07) is 14.6. The summed E-state index contributed by atoms with van der Waals surface area (Å²) < 4.78 is 18.5. The first kappa shape index (κ1) is 22.4. The molecule has 0 radical (unpaired) electrons. The fraction of sp³-hybridized carbons (Fsp3) is 0.391. The molecular formula is C23H29FN2O3. The predicted octanol–water partition coefficient (Wildman–Crippen LogP) is 3.58. The van der Waals surface area contributed by atoms with Gasteiger partial charge in [0.15, 0.2) is 6.61 Å². The van der Waals surface area contributed by atoms with Crippen LogP contribution in [0, 0.1) is 5.82 Å². The molecule has 0 aliphatic carbocycles. The molecule has 2 aromatic rings. The highest BCUT2D eigenvalue weighted by Gasteiger charge is 2.28. The van der Waals surface area contributed by atoms with Crippen molar-refractivity contribution in [1.82, 2.24) is 10.2 Å². The molecule has 156 valence electrons. The zero-order valence-corrected chi connectivity index (χ0v) is 17.4. The Bertz CT molecular complexity index is 801. The number of benzene rings is 2. The van der Waals surface area contributed by atoms with Crippen molar-refractivity contribution in [1.29, 1.82) is 0 Å². The summed E-state index contributed by atoms with van der Waals surface area (Å²) in [5, 5.41) is 2.92. The molecule has 0 heterocycles. The summed E-state index contributed by atoms with van der Waals surface area (Å²) in [7, 11) is 0. The minimum Gasteiger partial charge on any atom is -0.484 e. The molecule has 0 fully saturated rings. The topological polar surface area (TPSA) is 58.6 Å². The molecular weight excluding hydrogens is 371 g/mol. The van der Waals surface area contributed by atoms with Crippen molar-refractivity contribution in [3.05, 3.63) is 66.0 Å². The van der Waals surface area contributed by atoms with Crippen molar-refractivity contribution >= 4 is 11.8 Å². The average molecular weight is 400 g/mol. The van der Waals surface area contributed by atoms with Gasteiger partial charge in [-0.05, 0) is 63.9 Å². The van der Waals surface area contributed by atoms with Gasteiger partial charge in [0.1, 0.15) is 17.6 Å². The zero-order chi connectivity index (χ0) is 21.4. The van der Waals surface area contributed by atoms with Crippen molar-refractivity contribution in [2.24, 2.45) is 0 Å². The largest absolute Gasteiger partial charge is 0.484 e. The van der Waals surface area contributed by atoms with Crippen molar-refractivity contribution in [3.8, 4) is 5.75 Å². The van der Waals surface area contributed by atoms with Gasteiger partial charge in [-0.25, -0.2) is 4.39 Å². The highest BCUT2D eigenvalue weighted by atomic mass is 19.1. The molecule has 5 nitrogen and oxygen atoms in total. The highest BCUT2D eigenvalue weighted by Crippen LogP contribution is 2.13. The van der Waals surface area contributed by atoms with E-state index in [0.29, 0.717) is 18.7 Å². The third kappa shape index (κ3) is 7.56. The van der Waals surface area contributed by atoms with Gasteiger partial charge in [0.05, 0.1) is 0 Å². The van der Waals surface area contributed by atoms with E-state index in [1.807, 2.05) is 51.1 Å². The first-order valence-electron chi connectivity index (χ1n) is 9.69. The monoisotopic (exact) mass is 400 g/mol. The smallest absolute Gasteiger partial charge is 0.261 e. The molecule has 29 heavy (non-hydrogen) atoms. The van der Waals surface area contributed by atoms with E-state index in [1.165, 1.54) is 29.2 Å². The number of carbonyl (C=O) groups is 2. The van der Waals surface area contributed by atoms with Gasteiger partial charge in [0.25, 0.3) is 5.91 Å². The van der Waals surface area contributed by atoms with Crippen LogP contribution in [0.2, 0.25) is 0 Å². The molecule has 0 aliphatic heterocycles. The van der Waals surface area contributed by atoms with E-state index in [0.717, 1.165) is 5.56 Å². The molecule has 0 saturated carbocycles. The molecule has 2 rings (SSSR count). The Morgan fingerprint density at radius 2 is 1.69 bits per heavy atom. The van der Waals surface area contributed by atoms with Crippen molar-refractivity contribution in [3.63, 3.8) is 0 Å². The molecule has 0 bridgehead atoms. The Morgan fingerprint density at radius 1 is 1.07 bits per heavy atom. The first-order valence-corrected chi connectivity index (χ1v) is 9.69. The van der Waals surface area contributed by atoms with Crippen LogP contribution >= 0.6 is 0 Å². The van der Waals surface area contributed by atoms with Crippen LogP contribution in [0.1, 0.15) is 33.3 Å². The molecule has 0 saturated heterocycles.